The maximum Gasteiger partial charge on any atom is 0.420 e. The summed E-state index contributed by atoms with van der Waals surface area (Å²) in [6, 6.07) is 17.8. The van der Waals surface area contributed by atoms with Crippen LogP contribution in [0.1, 0.15) is 66.0 Å². The average Bonchev–Trinajstić information content (AvgIpc) is 2.96. The van der Waals surface area contributed by atoms with Gasteiger partial charge in [-0.3, -0.25) is 0 Å². The fourth-order valence-electron chi connectivity index (χ4n) is 3.76. The minimum atomic E-state index is -1.37. The predicted octanol–water partition coefficient (Wildman–Crippen LogP) is 5.64. The van der Waals surface area contributed by atoms with Gasteiger partial charge in [-0.1, -0.05) is 60.7 Å². The Labute approximate surface area is 248 Å². The van der Waals surface area contributed by atoms with E-state index < -0.39 is 41.5 Å². The van der Waals surface area contributed by atoms with E-state index in [2.05, 4.69) is 0 Å². The summed E-state index contributed by atoms with van der Waals surface area (Å²) in [6.45, 7) is 12.1. The molecule has 2 amide bonds. The molecule has 0 saturated carbocycles. The number of carbonyl (C=O) groups is 3. The van der Waals surface area contributed by atoms with Crippen LogP contribution in [0.4, 0.5) is 9.59 Å². The molecule has 10 nitrogen and oxygen atoms in total. The summed E-state index contributed by atoms with van der Waals surface area (Å²) < 4.78 is 28.0. The molecule has 1 N–H and O–H groups in total. The normalized spacial score (nSPS) is 19.5. The molecule has 3 atom stereocenters. The molecule has 1 saturated heterocycles. The molecule has 1 fully saturated rings. The highest BCUT2D eigenvalue weighted by Crippen LogP contribution is 2.21. The van der Waals surface area contributed by atoms with Gasteiger partial charge >= 0.3 is 18.2 Å². The van der Waals surface area contributed by atoms with Crippen LogP contribution < -0.4 is 0 Å². The third-order valence-electron chi connectivity index (χ3n) is 5.61. The molecule has 232 valence electrons. The summed E-state index contributed by atoms with van der Waals surface area (Å²) in [5.41, 5.74) is 0.174. The molecule has 1 heterocycles. The molecule has 0 spiro atoms. The highest BCUT2D eigenvalue weighted by atomic mass is 16.6. The molecule has 0 radical (unpaired) electrons. The lowest BCUT2D eigenvalue weighted by Gasteiger charge is -2.32. The number of ether oxygens (including phenoxy) is 5. The fourth-order valence-corrected chi connectivity index (χ4v) is 3.76. The van der Waals surface area contributed by atoms with Crippen LogP contribution in [0.5, 0.6) is 0 Å². The molecule has 42 heavy (non-hydrogen) atoms. The number of rotatable bonds is 5. The summed E-state index contributed by atoms with van der Waals surface area (Å²) in [5.74, 6) is -0.784. The molecule has 2 aromatic rings. The van der Waals surface area contributed by atoms with Gasteiger partial charge in [0.2, 0.25) is 0 Å². The first-order valence-electron chi connectivity index (χ1n) is 14.0. The number of carbonyl (C=O) groups excluding carboxylic acids is 3. The monoisotopic (exact) mass is 587 g/mol. The molecular formula is C32H45NO9. The Morgan fingerprint density at radius 3 is 1.81 bits per heavy atom. The molecule has 1 aliphatic heterocycles. The Kier molecular flexibility index (Phi) is 13.4. The first-order valence-corrected chi connectivity index (χ1v) is 14.0. The quantitative estimate of drug-likeness (QED) is 0.350. The molecule has 1 aliphatic rings. The van der Waals surface area contributed by atoms with Gasteiger partial charge in [-0.25, -0.2) is 14.4 Å². The van der Waals surface area contributed by atoms with Crippen molar-refractivity contribution in [1.29, 1.82) is 0 Å². The number of esters is 1. The minimum absolute atomic E-state index is 0.140. The number of aliphatic hydroxyl groups is 1. The third-order valence-corrected chi connectivity index (χ3v) is 5.61. The first-order chi connectivity index (χ1) is 19.7. The van der Waals surface area contributed by atoms with E-state index in [1.165, 1.54) is 0 Å². The second kappa shape index (κ2) is 16.2. The van der Waals surface area contributed by atoms with Gasteiger partial charge in [0.1, 0.15) is 17.3 Å². The van der Waals surface area contributed by atoms with Crippen LogP contribution in [0.3, 0.4) is 0 Å². The second-order valence-electron chi connectivity index (χ2n) is 11.9. The molecule has 0 bridgehead atoms. The van der Waals surface area contributed by atoms with E-state index in [0.29, 0.717) is 17.9 Å². The van der Waals surface area contributed by atoms with Crippen LogP contribution >= 0.6 is 0 Å². The van der Waals surface area contributed by atoms with E-state index in [4.69, 9.17) is 28.8 Å². The lowest BCUT2D eigenvalue weighted by molar-refractivity contribution is -0.156. The summed E-state index contributed by atoms with van der Waals surface area (Å²) in [6.07, 6.45) is -2.52. The van der Waals surface area contributed by atoms with Crippen molar-refractivity contribution in [2.75, 3.05) is 13.2 Å². The maximum absolute atomic E-state index is 13.0. The average molecular weight is 588 g/mol. The van der Waals surface area contributed by atoms with E-state index in [9.17, 15) is 14.4 Å². The molecule has 2 unspecified atom stereocenters. The van der Waals surface area contributed by atoms with Crippen molar-refractivity contribution in [3.63, 3.8) is 0 Å². The van der Waals surface area contributed by atoms with Crippen molar-refractivity contribution < 1.29 is 43.2 Å². The maximum atomic E-state index is 13.0. The number of hydrogen-bond acceptors (Lipinski definition) is 9. The van der Waals surface area contributed by atoms with Crippen molar-refractivity contribution in [1.82, 2.24) is 4.90 Å². The molecule has 2 aromatic carbocycles. The minimum Gasteiger partial charge on any atom is -0.461 e. The van der Waals surface area contributed by atoms with Gasteiger partial charge in [-0.05, 0) is 59.6 Å². The van der Waals surface area contributed by atoms with E-state index in [0.717, 1.165) is 11.1 Å². The largest absolute Gasteiger partial charge is 0.461 e. The number of amides is 2. The van der Waals surface area contributed by atoms with Crippen molar-refractivity contribution in [3.05, 3.63) is 71.8 Å². The fraction of sp³-hybridized carbons (Fsp3) is 0.531. The lowest BCUT2D eigenvalue weighted by Crippen LogP contribution is -2.54. The summed E-state index contributed by atoms with van der Waals surface area (Å²) in [5, 5.41) is 8.54. The highest BCUT2D eigenvalue weighted by molar-refractivity contribution is 5.94. The number of aliphatic hydroxyl groups excluding tert-OH is 1. The van der Waals surface area contributed by atoms with Gasteiger partial charge in [-0.2, -0.15) is 4.90 Å². The molecule has 0 aliphatic carbocycles. The third kappa shape index (κ3) is 13.0. The van der Waals surface area contributed by atoms with Crippen LogP contribution in [0.15, 0.2) is 60.7 Å². The van der Waals surface area contributed by atoms with E-state index in [-0.39, 0.29) is 25.9 Å². The van der Waals surface area contributed by atoms with E-state index in [1.54, 1.807) is 48.5 Å². The topological polar surface area (TPSA) is 121 Å². The Morgan fingerprint density at radius 2 is 1.36 bits per heavy atom. The van der Waals surface area contributed by atoms with Gasteiger partial charge in [0.05, 0.1) is 32.5 Å². The summed E-state index contributed by atoms with van der Waals surface area (Å²) >= 11 is 0. The second-order valence-corrected chi connectivity index (χ2v) is 11.9. The van der Waals surface area contributed by atoms with Gasteiger partial charge in [-0.15, -0.1) is 0 Å². The van der Waals surface area contributed by atoms with Crippen molar-refractivity contribution >= 4 is 18.2 Å². The summed E-state index contributed by atoms with van der Waals surface area (Å²) in [7, 11) is 0. The van der Waals surface area contributed by atoms with E-state index >= 15 is 0 Å². The van der Waals surface area contributed by atoms with Gasteiger partial charge in [0.25, 0.3) is 0 Å². The standard InChI is InChI=1S/C25H37NO8.C7H8O/c1-17-13-19(31-14-18-11-9-8-10-12-18)15-30-16-20(21(27)32-17)26(22(28)33-24(2,3)4)23(29)34-25(5,6)7;8-6-7-4-2-1-3-5-7/h8-12,17,19-20H,13-16H2,1-7H3;1-5,8H,6H2/t17?,19?,20-;/m0./s1. The Balaban J connectivity index is 0.000000661. The molecule has 10 heteroatoms. The van der Waals surface area contributed by atoms with Crippen LogP contribution in [0.2, 0.25) is 0 Å². The number of nitrogens with zero attached hydrogens (tertiary/aromatic N) is 1. The number of cyclic esters (lactones) is 1. The predicted molar refractivity (Wildman–Crippen MR) is 156 cm³/mol. The molecule has 0 aromatic heterocycles. The van der Waals surface area contributed by atoms with Gasteiger partial charge < -0.3 is 28.8 Å². The van der Waals surface area contributed by atoms with Gasteiger partial charge in [0, 0.05) is 6.42 Å². The summed E-state index contributed by atoms with van der Waals surface area (Å²) in [4.78, 5) is 39.5. The molecular weight excluding hydrogens is 542 g/mol. The van der Waals surface area contributed by atoms with E-state index in [1.807, 2.05) is 60.7 Å². The zero-order chi connectivity index (χ0) is 31.3. The first kappa shape index (κ1) is 34.7. The number of imide groups is 1. The van der Waals surface area contributed by atoms with Crippen LogP contribution in [0.25, 0.3) is 0 Å². The van der Waals surface area contributed by atoms with Crippen molar-refractivity contribution in [2.24, 2.45) is 0 Å². The Morgan fingerprint density at radius 1 is 0.857 bits per heavy atom. The molecule has 3 rings (SSSR count). The number of hydrogen-bond donors (Lipinski definition) is 1. The zero-order valence-electron chi connectivity index (χ0n) is 25.7. The van der Waals surface area contributed by atoms with Crippen LogP contribution in [0, 0.1) is 0 Å². The Hall–Kier alpha value is -3.47. The van der Waals surface area contributed by atoms with Crippen LogP contribution in [-0.4, -0.2) is 70.8 Å². The van der Waals surface area contributed by atoms with Crippen LogP contribution in [-0.2, 0) is 41.7 Å². The SMILES string of the molecule is CC1CC(OCc2ccccc2)COC[C@H](N(C(=O)OC(C)(C)C)C(=O)OC(C)(C)C)C(=O)O1.OCc1ccccc1. The van der Waals surface area contributed by atoms with Crippen molar-refractivity contribution in [3.8, 4) is 0 Å². The lowest BCUT2D eigenvalue weighted by atomic mass is 10.2. The zero-order valence-corrected chi connectivity index (χ0v) is 25.7. The highest BCUT2D eigenvalue weighted by Gasteiger charge is 2.42. The smallest absolute Gasteiger partial charge is 0.420 e. The van der Waals surface area contributed by atoms with Gasteiger partial charge in [0.15, 0.2) is 6.04 Å². The Bertz CT molecular complexity index is 1080. The van der Waals surface area contributed by atoms with Crippen molar-refractivity contribution in [2.45, 2.75) is 97.6 Å². The number of benzene rings is 2.